The van der Waals surface area contributed by atoms with Gasteiger partial charge in [0.25, 0.3) is 0 Å². The zero-order valence-corrected chi connectivity index (χ0v) is 13.1. The molecule has 0 amide bonds. The zero-order chi connectivity index (χ0) is 14.0. The van der Waals surface area contributed by atoms with Crippen molar-refractivity contribution < 1.29 is 5.11 Å². The molecule has 110 valence electrons. The van der Waals surface area contributed by atoms with E-state index in [9.17, 15) is 5.11 Å². The van der Waals surface area contributed by atoms with Crippen LogP contribution in [0.3, 0.4) is 0 Å². The molecule has 0 spiro atoms. The Morgan fingerprint density at radius 1 is 1.11 bits per heavy atom. The first kappa shape index (κ1) is 17.9. The smallest absolute Gasteiger partial charge is 0.0585 e. The Bertz CT molecular complexity index is 181. The van der Waals surface area contributed by atoms with Crippen LogP contribution >= 0.6 is 0 Å². The van der Waals surface area contributed by atoms with E-state index >= 15 is 0 Å². The van der Waals surface area contributed by atoms with Gasteiger partial charge in [-0.2, -0.15) is 0 Å². The third-order valence-electron chi connectivity index (χ3n) is 3.54. The van der Waals surface area contributed by atoms with E-state index in [1.165, 1.54) is 12.8 Å². The summed E-state index contributed by atoms with van der Waals surface area (Å²) in [6.07, 6.45) is 3.47. The van der Waals surface area contributed by atoms with Crippen molar-refractivity contribution in [3.8, 4) is 0 Å². The standard InChI is InChI=1S/C15H34N2O/c1-6-15(7-2)17(11-13(4)5)10-9-14(12-18)16-8-3/h13-16,18H,6-12H2,1-5H3. The van der Waals surface area contributed by atoms with E-state index in [0.29, 0.717) is 12.0 Å². The lowest BCUT2D eigenvalue weighted by atomic mass is 10.1. The van der Waals surface area contributed by atoms with Crippen LogP contribution in [0.5, 0.6) is 0 Å². The molecule has 0 heterocycles. The summed E-state index contributed by atoms with van der Waals surface area (Å²) in [6, 6.07) is 0.937. The van der Waals surface area contributed by atoms with Crippen molar-refractivity contribution in [1.82, 2.24) is 10.2 Å². The number of hydrogen-bond acceptors (Lipinski definition) is 3. The van der Waals surface area contributed by atoms with E-state index in [2.05, 4.69) is 44.8 Å². The van der Waals surface area contributed by atoms with Gasteiger partial charge in [0.1, 0.15) is 0 Å². The molecule has 0 aromatic carbocycles. The Morgan fingerprint density at radius 2 is 1.72 bits per heavy atom. The van der Waals surface area contributed by atoms with E-state index in [1.807, 2.05) is 0 Å². The van der Waals surface area contributed by atoms with E-state index in [-0.39, 0.29) is 12.6 Å². The van der Waals surface area contributed by atoms with Gasteiger partial charge in [-0.1, -0.05) is 34.6 Å². The maximum atomic E-state index is 9.32. The Hall–Kier alpha value is -0.120. The van der Waals surface area contributed by atoms with Gasteiger partial charge in [-0.05, 0) is 31.7 Å². The maximum Gasteiger partial charge on any atom is 0.0585 e. The van der Waals surface area contributed by atoms with Gasteiger partial charge >= 0.3 is 0 Å². The molecule has 1 atom stereocenters. The Morgan fingerprint density at radius 3 is 2.11 bits per heavy atom. The average Bonchev–Trinajstić information content (AvgIpc) is 2.34. The normalized spacial score (nSPS) is 13.8. The van der Waals surface area contributed by atoms with Gasteiger partial charge in [-0.3, -0.25) is 0 Å². The van der Waals surface area contributed by atoms with Gasteiger partial charge in [0, 0.05) is 25.2 Å². The van der Waals surface area contributed by atoms with Crippen LogP contribution in [0.1, 0.15) is 53.9 Å². The molecule has 0 radical (unpaired) electrons. The van der Waals surface area contributed by atoms with Crippen molar-refractivity contribution in [3.63, 3.8) is 0 Å². The van der Waals surface area contributed by atoms with E-state index in [4.69, 9.17) is 0 Å². The molecule has 0 aliphatic heterocycles. The van der Waals surface area contributed by atoms with Crippen molar-refractivity contribution in [3.05, 3.63) is 0 Å². The number of rotatable bonds is 11. The molecule has 2 N–H and O–H groups in total. The van der Waals surface area contributed by atoms with Crippen LogP contribution in [0.2, 0.25) is 0 Å². The molecule has 0 saturated heterocycles. The van der Waals surface area contributed by atoms with Crippen LogP contribution in [0.4, 0.5) is 0 Å². The fourth-order valence-corrected chi connectivity index (χ4v) is 2.57. The quantitative estimate of drug-likeness (QED) is 0.598. The molecule has 0 saturated carbocycles. The summed E-state index contributed by atoms with van der Waals surface area (Å²) in [5, 5.41) is 12.7. The Labute approximate surface area is 114 Å². The molecule has 3 heteroatoms. The summed E-state index contributed by atoms with van der Waals surface area (Å²) < 4.78 is 0. The number of nitrogens with one attached hydrogen (secondary N) is 1. The first-order valence-electron chi connectivity index (χ1n) is 7.67. The van der Waals surface area contributed by atoms with Gasteiger partial charge in [0.15, 0.2) is 0 Å². The maximum absolute atomic E-state index is 9.32. The molecule has 0 aromatic heterocycles. The van der Waals surface area contributed by atoms with E-state index < -0.39 is 0 Å². The highest BCUT2D eigenvalue weighted by Crippen LogP contribution is 2.12. The third-order valence-corrected chi connectivity index (χ3v) is 3.54. The lowest BCUT2D eigenvalue weighted by Gasteiger charge is -2.33. The molecular weight excluding hydrogens is 224 g/mol. The Kier molecular flexibility index (Phi) is 10.7. The first-order valence-corrected chi connectivity index (χ1v) is 7.67. The van der Waals surface area contributed by atoms with Crippen LogP contribution in [0.15, 0.2) is 0 Å². The topological polar surface area (TPSA) is 35.5 Å². The van der Waals surface area contributed by atoms with Crippen LogP contribution in [0.25, 0.3) is 0 Å². The second-order valence-corrected chi connectivity index (χ2v) is 5.58. The van der Waals surface area contributed by atoms with Gasteiger partial charge in [0.2, 0.25) is 0 Å². The number of likely N-dealkylation sites (N-methyl/N-ethyl adjacent to an activating group) is 1. The van der Waals surface area contributed by atoms with Gasteiger partial charge < -0.3 is 15.3 Å². The van der Waals surface area contributed by atoms with E-state index in [0.717, 1.165) is 26.1 Å². The molecule has 18 heavy (non-hydrogen) atoms. The van der Waals surface area contributed by atoms with Crippen LogP contribution in [-0.4, -0.2) is 48.3 Å². The minimum atomic E-state index is 0.242. The highest BCUT2D eigenvalue weighted by Gasteiger charge is 2.17. The summed E-state index contributed by atoms with van der Waals surface area (Å²) in [5.74, 6) is 0.706. The average molecular weight is 258 g/mol. The zero-order valence-electron chi connectivity index (χ0n) is 13.1. The molecule has 1 unspecified atom stereocenters. The highest BCUT2D eigenvalue weighted by molar-refractivity contribution is 4.74. The Balaban J connectivity index is 4.29. The van der Waals surface area contributed by atoms with Crippen molar-refractivity contribution in [2.24, 2.45) is 5.92 Å². The first-order chi connectivity index (χ1) is 8.58. The minimum absolute atomic E-state index is 0.242. The minimum Gasteiger partial charge on any atom is -0.395 e. The van der Waals surface area contributed by atoms with Gasteiger partial charge in [0.05, 0.1) is 6.61 Å². The molecule has 0 rings (SSSR count). The SMILES string of the molecule is CCNC(CO)CCN(CC(C)C)C(CC)CC. The molecule has 0 fully saturated rings. The lowest BCUT2D eigenvalue weighted by Crippen LogP contribution is -2.42. The fraction of sp³-hybridized carbons (Fsp3) is 1.00. The van der Waals surface area contributed by atoms with Crippen LogP contribution in [-0.2, 0) is 0 Å². The molecule has 0 aromatic rings. The molecule has 0 bridgehead atoms. The third kappa shape index (κ3) is 7.34. The highest BCUT2D eigenvalue weighted by atomic mass is 16.3. The van der Waals surface area contributed by atoms with Crippen molar-refractivity contribution in [1.29, 1.82) is 0 Å². The van der Waals surface area contributed by atoms with Crippen LogP contribution in [0, 0.1) is 5.92 Å². The van der Waals surface area contributed by atoms with E-state index in [1.54, 1.807) is 0 Å². The summed E-state index contributed by atoms with van der Waals surface area (Å²) in [4.78, 5) is 2.60. The largest absolute Gasteiger partial charge is 0.395 e. The summed E-state index contributed by atoms with van der Waals surface area (Å²) in [5.41, 5.74) is 0. The number of aliphatic hydroxyl groups excluding tert-OH is 1. The molecule has 0 aliphatic carbocycles. The monoisotopic (exact) mass is 258 g/mol. The molecule has 0 aliphatic rings. The van der Waals surface area contributed by atoms with Crippen molar-refractivity contribution >= 4 is 0 Å². The predicted octanol–water partition coefficient (Wildman–Crippen LogP) is 2.49. The number of hydrogen-bond donors (Lipinski definition) is 2. The van der Waals surface area contributed by atoms with Crippen LogP contribution < -0.4 is 5.32 Å². The molecular formula is C15H34N2O. The summed E-state index contributed by atoms with van der Waals surface area (Å²) in [6.45, 7) is 14.6. The second-order valence-electron chi connectivity index (χ2n) is 5.58. The fourth-order valence-electron chi connectivity index (χ4n) is 2.57. The number of nitrogens with zero attached hydrogens (tertiary/aromatic N) is 1. The predicted molar refractivity (Wildman–Crippen MR) is 79.9 cm³/mol. The second kappa shape index (κ2) is 10.8. The lowest BCUT2D eigenvalue weighted by molar-refractivity contribution is 0.147. The van der Waals surface area contributed by atoms with Crippen molar-refractivity contribution in [2.75, 3.05) is 26.2 Å². The molecule has 3 nitrogen and oxygen atoms in total. The van der Waals surface area contributed by atoms with Gasteiger partial charge in [-0.25, -0.2) is 0 Å². The van der Waals surface area contributed by atoms with Crippen molar-refractivity contribution in [2.45, 2.75) is 66.0 Å². The summed E-state index contributed by atoms with van der Waals surface area (Å²) >= 11 is 0. The summed E-state index contributed by atoms with van der Waals surface area (Å²) in [7, 11) is 0. The number of aliphatic hydroxyl groups is 1. The van der Waals surface area contributed by atoms with Gasteiger partial charge in [-0.15, -0.1) is 0 Å².